The van der Waals surface area contributed by atoms with Crippen LogP contribution in [0.3, 0.4) is 0 Å². The van der Waals surface area contributed by atoms with Gasteiger partial charge < -0.3 is 9.80 Å². The highest BCUT2D eigenvalue weighted by molar-refractivity contribution is 5.87. The number of benzene rings is 7. The molecular formula is C52H42N8. The number of fused-ring (bicyclic) bond motifs is 4. The van der Waals surface area contributed by atoms with Crippen molar-refractivity contribution >= 4 is 34.1 Å². The number of nitrogens with zero attached hydrogens (tertiary/aromatic N) is 8. The molecule has 9 aromatic rings. The van der Waals surface area contributed by atoms with Crippen molar-refractivity contribution in [1.82, 2.24) is 30.0 Å². The first-order chi connectivity index (χ1) is 29.3. The summed E-state index contributed by atoms with van der Waals surface area (Å²) in [5.74, 6) is 0. The Morgan fingerprint density at radius 3 is 0.933 bits per heavy atom. The second-order valence-electron chi connectivity index (χ2n) is 16.7. The molecule has 11 rings (SSSR count). The van der Waals surface area contributed by atoms with Gasteiger partial charge in [0.15, 0.2) is 0 Å². The molecule has 0 bridgehead atoms. The van der Waals surface area contributed by atoms with Gasteiger partial charge in [-0.15, -0.1) is 10.2 Å². The van der Waals surface area contributed by atoms with E-state index in [0.717, 1.165) is 45.3 Å². The first-order valence-electron chi connectivity index (χ1n) is 20.4. The Morgan fingerprint density at radius 1 is 0.333 bits per heavy atom. The zero-order valence-corrected chi connectivity index (χ0v) is 33.9. The Hall–Kier alpha value is -7.58. The fourth-order valence-electron chi connectivity index (χ4n) is 9.26. The molecule has 8 nitrogen and oxygen atoms in total. The summed E-state index contributed by atoms with van der Waals surface area (Å²) in [5.41, 5.74) is 17.4. The van der Waals surface area contributed by atoms with Crippen LogP contribution >= 0.6 is 0 Å². The molecule has 0 N–H and O–H groups in total. The maximum Gasteiger partial charge on any atom is 0.113 e. The normalized spacial score (nSPS) is 14.5. The van der Waals surface area contributed by atoms with Crippen molar-refractivity contribution in [2.45, 2.75) is 38.5 Å². The first-order valence-corrected chi connectivity index (χ1v) is 20.4. The lowest BCUT2D eigenvalue weighted by Crippen LogP contribution is -2.30. The predicted molar refractivity (Wildman–Crippen MR) is 241 cm³/mol. The second kappa shape index (κ2) is 13.5. The molecule has 4 heterocycles. The molecule has 0 saturated heterocycles. The van der Waals surface area contributed by atoms with Gasteiger partial charge in [-0.1, -0.05) is 135 Å². The third-order valence-electron chi connectivity index (χ3n) is 12.5. The molecule has 2 aromatic heterocycles. The predicted octanol–water partition coefficient (Wildman–Crippen LogP) is 12.4. The van der Waals surface area contributed by atoms with Crippen LogP contribution in [0.25, 0.3) is 33.9 Å². The third-order valence-corrected chi connectivity index (χ3v) is 12.5. The summed E-state index contributed by atoms with van der Waals surface area (Å²) in [4.78, 5) is 4.72. The van der Waals surface area contributed by atoms with Gasteiger partial charge in [0.05, 0.1) is 46.5 Å². The number of hydrogen-bond acceptors (Lipinski definition) is 6. The highest BCUT2D eigenvalue weighted by Gasteiger charge is 2.37. The molecule has 0 radical (unpaired) electrons. The van der Waals surface area contributed by atoms with Gasteiger partial charge in [-0.05, 0) is 95.1 Å². The van der Waals surface area contributed by atoms with Crippen molar-refractivity contribution < 1.29 is 0 Å². The molecule has 60 heavy (non-hydrogen) atoms. The largest absolute Gasteiger partial charge is 0.310 e. The Labute approximate surface area is 349 Å². The van der Waals surface area contributed by atoms with Gasteiger partial charge in [-0.2, -0.15) is 0 Å². The monoisotopic (exact) mass is 778 g/mol. The van der Waals surface area contributed by atoms with E-state index in [-0.39, 0.29) is 10.8 Å². The fourth-order valence-corrected chi connectivity index (χ4v) is 9.26. The van der Waals surface area contributed by atoms with Gasteiger partial charge in [0.2, 0.25) is 0 Å². The van der Waals surface area contributed by atoms with Crippen LogP contribution in [0.1, 0.15) is 49.9 Å². The molecule has 0 amide bonds. The Kier molecular flexibility index (Phi) is 8.00. The van der Waals surface area contributed by atoms with Crippen molar-refractivity contribution in [3.63, 3.8) is 0 Å². The smallest absolute Gasteiger partial charge is 0.113 e. The molecule has 0 spiro atoms. The summed E-state index contributed by atoms with van der Waals surface area (Å²) in [7, 11) is 0. The minimum atomic E-state index is -0.0982. The first kappa shape index (κ1) is 35.6. The SMILES string of the molecule is CC1(C)c2ccccc2N(c2ccc(-n3cc(-c4ccc(-c5cn(-c6ccc(N7c8ccccc8C(C)(C)c8ccccc87)cc6)nn5)cc4)nn3)cc2)c2ccccc21. The van der Waals surface area contributed by atoms with E-state index in [4.69, 9.17) is 0 Å². The molecule has 0 saturated carbocycles. The number of aromatic nitrogens is 6. The van der Waals surface area contributed by atoms with Crippen molar-refractivity contribution in [1.29, 1.82) is 0 Å². The Balaban J connectivity index is 0.810. The van der Waals surface area contributed by atoms with Crippen LogP contribution in [-0.4, -0.2) is 30.0 Å². The van der Waals surface area contributed by atoms with Crippen molar-refractivity contribution in [2.75, 3.05) is 9.80 Å². The lowest BCUT2D eigenvalue weighted by molar-refractivity contribution is 0.631. The number of para-hydroxylation sites is 4. The molecule has 2 aliphatic heterocycles. The highest BCUT2D eigenvalue weighted by Crippen LogP contribution is 2.53. The van der Waals surface area contributed by atoms with E-state index in [0.29, 0.717) is 0 Å². The van der Waals surface area contributed by atoms with Crippen LogP contribution in [0.2, 0.25) is 0 Å². The maximum atomic E-state index is 4.54. The molecule has 8 heteroatoms. The zero-order valence-electron chi connectivity index (χ0n) is 33.9. The molecule has 0 fully saturated rings. The minimum Gasteiger partial charge on any atom is -0.310 e. The van der Waals surface area contributed by atoms with Crippen LogP contribution in [0, 0.1) is 0 Å². The van der Waals surface area contributed by atoms with Gasteiger partial charge in [0.1, 0.15) is 11.4 Å². The van der Waals surface area contributed by atoms with Gasteiger partial charge in [0.25, 0.3) is 0 Å². The summed E-state index contributed by atoms with van der Waals surface area (Å²) in [6, 6.07) is 60.1. The van der Waals surface area contributed by atoms with E-state index in [1.165, 1.54) is 45.0 Å². The van der Waals surface area contributed by atoms with Gasteiger partial charge in [-0.3, -0.25) is 0 Å². The number of anilines is 6. The standard InChI is InChI=1S/C52H42N8/c1-51(2)41-13-5-9-17-47(41)59(48-18-10-6-14-42(48)51)39-29-25-37(26-30-39)57-33-45(53-55-57)35-21-23-36(24-22-35)46-34-58(56-54-46)38-27-31-40(32-28-38)60-49-19-11-7-15-43(49)52(3,4)44-16-8-12-20-50(44)60/h5-34H,1-4H3. The van der Waals surface area contributed by atoms with Crippen LogP contribution in [0.15, 0.2) is 182 Å². The highest BCUT2D eigenvalue weighted by atomic mass is 15.4. The zero-order chi connectivity index (χ0) is 40.6. The fraction of sp³-hybridized carbons (Fsp3) is 0.115. The Morgan fingerprint density at radius 2 is 0.617 bits per heavy atom. The molecular weight excluding hydrogens is 737 g/mol. The van der Waals surface area contributed by atoms with E-state index in [2.05, 4.69) is 228 Å². The Bertz CT molecular complexity index is 2740. The van der Waals surface area contributed by atoms with Crippen molar-refractivity contribution in [3.05, 3.63) is 205 Å². The van der Waals surface area contributed by atoms with Gasteiger partial charge in [-0.25, -0.2) is 9.36 Å². The summed E-state index contributed by atoms with van der Waals surface area (Å²) >= 11 is 0. The lowest BCUT2D eigenvalue weighted by atomic mass is 9.73. The van der Waals surface area contributed by atoms with E-state index in [9.17, 15) is 0 Å². The van der Waals surface area contributed by atoms with Gasteiger partial charge in [0, 0.05) is 33.3 Å². The molecule has 0 aliphatic carbocycles. The summed E-state index contributed by atoms with van der Waals surface area (Å²) < 4.78 is 3.66. The number of rotatable bonds is 6. The van der Waals surface area contributed by atoms with Crippen LogP contribution in [0.5, 0.6) is 0 Å². The quantitative estimate of drug-likeness (QED) is 0.167. The van der Waals surface area contributed by atoms with Crippen molar-refractivity contribution in [3.8, 4) is 33.9 Å². The van der Waals surface area contributed by atoms with Gasteiger partial charge >= 0.3 is 0 Å². The van der Waals surface area contributed by atoms with Crippen LogP contribution in [-0.2, 0) is 10.8 Å². The summed E-state index contributed by atoms with van der Waals surface area (Å²) in [5, 5.41) is 18.1. The van der Waals surface area contributed by atoms with E-state index >= 15 is 0 Å². The number of hydrogen-bond donors (Lipinski definition) is 0. The second-order valence-corrected chi connectivity index (χ2v) is 16.7. The average Bonchev–Trinajstić information content (AvgIpc) is 3.99. The summed E-state index contributed by atoms with van der Waals surface area (Å²) in [6.07, 6.45) is 3.94. The molecule has 2 aliphatic rings. The molecule has 0 atom stereocenters. The molecule has 0 unspecified atom stereocenters. The molecule has 290 valence electrons. The average molecular weight is 779 g/mol. The van der Waals surface area contributed by atoms with Crippen LogP contribution in [0.4, 0.5) is 34.1 Å². The van der Waals surface area contributed by atoms with E-state index in [1.807, 2.05) is 21.8 Å². The van der Waals surface area contributed by atoms with E-state index in [1.54, 1.807) is 0 Å². The maximum absolute atomic E-state index is 4.54. The van der Waals surface area contributed by atoms with E-state index < -0.39 is 0 Å². The summed E-state index contributed by atoms with van der Waals surface area (Å²) in [6.45, 7) is 9.23. The van der Waals surface area contributed by atoms with Crippen molar-refractivity contribution in [2.24, 2.45) is 0 Å². The lowest BCUT2D eigenvalue weighted by Gasteiger charge is -2.42. The topological polar surface area (TPSA) is 67.9 Å². The third kappa shape index (κ3) is 5.59. The molecule has 7 aromatic carbocycles. The van der Waals surface area contributed by atoms with Crippen LogP contribution < -0.4 is 9.80 Å². The minimum absolute atomic E-state index is 0.0982.